The van der Waals surface area contributed by atoms with Crippen LogP contribution in [0.2, 0.25) is 0 Å². The van der Waals surface area contributed by atoms with E-state index in [9.17, 15) is 14.9 Å². The lowest BCUT2D eigenvalue weighted by atomic mass is 10.1. The Morgan fingerprint density at radius 1 is 1.26 bits per heavy atom. The van der Waals surface area contributed by atoms with Gasteiger partial charge in [0, 0.05) is 29.1 Å². The molecule has 0 bridgehead atoms. The Morgan fingerprint density at radius 3 is 2.63 bits per heavy atom. The summed E-state index contributed by atoms with van der Waals surface area (Å²) in [6.45, 7) is 1.63. The van der Waals surface area contributed by atoms with Crippen LogP contribution in [0.4, 0.5) is 11.4 Å². The monoisotopic (exact) mass is 383 g/mol. The van der Waals surface area contributed by atoms with E-state index in [4.69, 9.17) is 4.74 Å². The molecule has 0 saturated heterocycles. The number of anilines is 1. The zero-order chi connectivity index (χ0) is 19.4. The molecule has 7 nitrogen and oxygen atoms in total. The number of nitrogens with zero attached hydrogens (tertiary/aromatic N) is 2. The molecule has 1 heterocycles. The van der Waals surface area contributed by atoms with Gasteiger partial charge in [-0.1, -0.05) is 12.1 Å². The molecule has 8 heteroatoms. The molecule has 0 aliphatic heterocycles. The highest BCUT2D eigenvalue weighted by Crippen LogP contribution is 2.23. The highest BCUT2D eigenvalue weighted by molar-refractivity contribution is 7.09. The molecule has 0 saturated carbocycles. The second-order valence-electron chi connectivity index (χ2n) is 5.86. The molecule has 0 aliphatic carbocycles. The van der Waals surface area contributed by atoms with Gasteiger partial charge in [0.1, 0.15) is 11.4 Å². The molecule has 3 aromatic rings. The van der Waals surface area contributed by atoms with E-state index in [1.165, 1.54) is 23.5 Å². The number of methoxy groups -OCH3 is 1. The quantitative estimate of drug-likeness (QED) is 0.508. The zero-order valence-corrected chi connectivity index (χ0v) is 15.6. The van der Waals surface area contributed by atoms with Crippen LogP contribution in [-0.4, -0.2) is 22.9 Å². The minimum absolute atomic E-state index is 0.0171. The van der Waals surface area contributed by atoms with Crippen molar-refractivity contribution in [1.29, 1.82) is 0 Å². The minimum atomic E-state index is -0.452. The zero-order valence-electron chi connectivity index (χ0n) is 14.8. The number of benzene rings is 2. The van der Waals surface area contributed by atoms with Crippen LogP contribution in [0.15, 0.2) is 47.8 Å². The number of rotatable bonds is 6. The van der Waals surface area contributed by atoms with Crippen LogP contribution in [0.25, 0.3) is 0 Å². The van der Waals surface area contributed by atoms with Crippen molar-refractivity contribution in [2.75, 3.05) is 12.4 Å². The third kappa shape index (κ3) is 4.48. The maximum absolute atomic E-state index is 12.4. The van der Waals surface area contributed by atoms with Crippen molar-refractivity contribution < 1.29 is 14.5 Å². The highest BCUT2D eigenvalue weighted by Gasteiger charge is 2.14. The summed E-state index contributed by atoms with van der Waals surface area (Å²) >= 11 is 1.41. The summed E-state index contributed by atoms with van der Waals surface area (Å²) in [6.07, 6.45) is 0.624. The standard InChI is InChI=1S/C19H17N3O4S/c1-12-9-14(5-8-17(12)22(24)25)20-19(23)16-11-27-18(21-16)10-13-3-6-15(26-2)7-4-13/h3-9,11H,10H2,1-2H3,(H,20,23). The van der Waals surface area contributed by atoms with Gasteiger partial charge in [0.25, 0.3) is 11.6 Å². The largest absolute Gasteiger partial charge is 0.497 e. The molecule has 0 spiro atoms. The van der Waals surface area contributed by atoms with Crippen molar-refractivity contribution in [2.45, 2.75) is 13.3 Å². The number of carbonyl (C=O) groups excluding carboxylic acids is 1. The summed E-state index contributed by atoms with van der Waals surface area (Å²) in [7, 11) is 1.62. The number of aromatic nitrogens is 1. The minimum Gasteiger partial charge on any atom is -0.497 e. The van der Waals surface area contributed by atoms with Crippen molar-refractivity contribution in [1.82, 2.24) is 4.98 Å². The summed E-state index contributed by atoms with van der Waals surface area (Å²) < 4.78 is 5.14. The molecule has 0 fully saturated rings. The van der Waals surface area contributed by atoms with E-state index in [1.54, 1.807) is 25.5 Å². The van der Waals surface area contributed by atoms with Gasteiger partial charge in [-0.2, -0.15) is 0 Å². The lowest BCUT2D eigenvalue weighted by Crippen LogP contribution is -2.12. The van der Waals surface area contributed by atoms with Gasteiger partial charge in [-0.3, -0.25) is 14.9 Å². The Labute approximate surface area is 159 Å². The SMILES string of the molecule is COc1ccc(Cc2nc(C(=O)Nc3ccc([N+](=O)[O-])c(C)c3)cs2)cc1. The van der Waals surface area contributed by atoms with E-state index in [0.29, 0.717) is 23.4 Å². The number of carbonyl (C=O) groups is 1. The van der Waals surface area contributed by atoms with Gasteiger partial charge < -0.3 is 10.1 Å². The molecule has 3 rings (SSSR count). The van der Waals surface area contributed by atoms with Crippen molar-refractivity contribution in [3.63, 3.8) is 0 Å². The molecule has 0 aliphatic rings. The van der Waals surface area contributed by atoms with Crippen LogP contribution >= 0.6 is 11.3 Å². The summed E-state index contributed by atoms with van der Waals surface area (Å²) in [4.78, 5) is 27.2. The lowest BCUT2D eigenvalue weighted by Gasteiger charge is -2.05. The molecule has 138 valence electrons. The molecule has 1 amide bonds. The van der Waals surface area contributed by atoms with Gasteiger partial charge in [-0.05, 0) is 36.8 Å². The number of nitrogens with one attached hydrogen (secondary N) is 1. The first-order chi connectivity index (χ1) is 13.0. The second-order valence-corrected chi connectivity index (χ2v) is 6.81. The van der Waals surface area contributed by atoms with Crippen molar-refractivity contribution in [2.24, 2.45) is 0 Å². The van der Waals surface area contributed by atoms with Crippen molar-refractivity contribution in [3.05, 3.63) is 79.8 Å². The number of hydrogen-bond donors (Lipinski definition) is 1. The first-order valence-corrected chi connectivity index (χ1v) is 8.98. The first kappa shape index (κ1) is 18.5. The van der Waals surface area contributed by atoms with E-state index in [-0.39, 0.29) is 11.6 Å². The third-order valence-corrected chi connectivity index (χ3v) is 4.80. The molecule has 0 radical (unpaired) electrons. The first-order valence-electron chi connectivity index (χ1n) is 8.10. The maximum atomic E-state index is 12.4. The molecule has 1 aromatic heterocycles. The average Bonchev–Trinajstić information content (AvgIpc) is 3.11. The fraction of sp³-hybridized carbons (Fsp3) is 0.158. The fourth-order valence-electron chi connectivity index (χ4n) is 2.55. The predicted molar refractivity (Wildman–Crippen MR) is 104 cm³/mol. The van der Waals surface area contributed by atoms with E-state index in [2.05, 4.69) is 10.3 Å². The molecular formula is C19H17N3O4S. The van der Waals surface area contributed by atoms with Gasteiger partial charge in [0.2, 0.25) is 0 Å². The highest BCUT2D eigenvalue weighted by atomic mass is 32.1. The molecule has 0 unspecified atom stereocenters. The van der Waals surface area contributed by atoms with Crippen molar-refractivity contribution in [3.8, 4) is 5.75 Å². The second kappa shape index (κ2) is 7.96. The van der Waals surface area contributed by atoms with Crippen LogP contribution in [-0.2, 0) is 6.42 Å². The topological polar surface area (TPSA) is 94.4 Å². The Morgan fingerprint density at radius 2 is 2.00 bits per heavy atom. The van der Waals surface area contributed by atoms with Gasteiger partial charge in [0.05, 0.1) is 17.0 Å². The van der Waals surface area contributed by atoms with Gasteiger partial charge in [-0.25, -0.2) is 4.98 Å². The molecular weight excluding hydrogens is 366 g/mol. The molecule has 27 heavy (non-hydrogen) atoms. The predicted octanol–water partition coefficient (Wildman–Crippen LogP) is 4.21. The number of nitro groups is 1. The number of hydrogen-bond acceptors (Lipinski definition) is 6. The third-order valence-electron chi connectivity index (χ3n) is 3.95. The van der Waals surface area contributed by atoms with Crippen LogP contribution in [0, 0.1) is 17.0 Å². The number of thiazole rings is 1. The van der Waals surface area contributed by atoms with Crippen LogP contribution in [0.1, 0.15) is 26.6 Å². The Hall–Kier alpha value is -3.26. The number of ether oxygens (including phenoxy) is 1. The maximum Gasteiger partial charge on any atom is 0.275 e. The number of nitro benzene ring substituents is 1. The van der Waals surface area contributed by atoms with E-state index in [1.807, 2.05) is 24.3 Å². The Balaban J connectivity index is 1.67. The normalized spacial score (nSPS) is 10.4. The van der Waals surface area contributed by atoms with Gasteiger partial charge in [-0.15, -0.1) is 11.3 Å². The summed E-state index contributed by atoms with van der Waals surface area (Å²) in [5, 5.41) is 16.1. The van der Waals surface area contributed by atoms with E-state index < -0.39 is 4.92 Å². The van der Waals surface area contributed by atoms with Crippen LogP contribution in [0.3, 0.4) is 0 Å². The number of amides is 1. The molecule has 1 N–H and O–H groups in total. The van der Waals surface area contributed by atoms with E-state index in [0.717, 1.165) is 16.3 Å². The van der Waals surface area contributed by atoms with Gasteiger partial charge in [0.15, 0.2) is 0 Å². The average molecular weight is 383 g/mol. The summed E-state index contributed by atoms with van der Waals surface area (Å²) in [5.41, 5.74) is 2.38. The van der Waals surface area contributed by atoms with Gasteiger partial charge >= 0.3 is 0 Å². The Bertz CT molecular complexity index is 983. The van der Waals surface area contributed by atoms with Crippen molar-refractivity contribution >= 4 is 28.6 Å². The number of aryl methyl sites for hydroxylation is 1. The molecule has 2 aromatic carbocycles. The van der Waals surface area contributed by atoms with E-state index >= 15 is 0 Å². The Kier molecular flexibility index (Phi) is 5.46. The fourth-order valence-corrected chi connectivity index (χ4v) is 3.36. The molecule has 0 atom stereocenters. The smallest absolute Gasteiger partial charge is 0.275 e. The van der Waals surface area contributed by atoms with Crippen LogP contribution in [0.5, 0.6) is 5.75 Å². The summed E-state index contributed by atoms with van der Waals surface area (Å²) in [6, 6.07) is 12.1. The van der Waals surface area contributed by atoms with Crippen LogP contribution < -0.4 is 10.1 Å². The summed E-state index contributed by atoms with van der Waals surface area (Å²) in [5.74, 6) is 0.442. The lowest BCUT2D eigenvalue weighted by molar-refractivity contribution is -0.385.